The second kappa shape index (κ2) is 10.7. The van der Waals surface area contributed by atoms with Crippen molar-refractivity contribution in [1.82, 2.24) is 5.32 Å². The van der Waals surface area contributed by atoms with Gasteiger partial charge in [-0.3, -0.25) is 9.98 Å². The molecule has 5 heteroatoms. The number of aliphatic imine (C=N–C) groups is 2. The van der Waals surface area contributed by atoms with Gasteiger partial charge in [-0.15, -0.1) is 0 Å². The third kappa shape index (κ3) is 6.02. The molecule has 0 aromatic heterocycles. The highest BCUT2D eigenvalue weighted by molar-refractivity contribution is 6.54. The molecule has 5 nitrogen and oxygen atoms in total. The molecule has 0 atom stereocenters. The first-order chi connectivity index (χ1) is 14.6. The van der Waals surface area contributed by atoms with E-state index < -0.39 is 5.66 Å². The molecule has 0 unspecified atom stereocenters. The number of amides is 1. The average Bonchev–Trinajstić information content (AvgIpc) is 3.14. The predicted octanol–water partition coefficient (Wildman–Crippen LogP) is 5.39. The number of hydrogen-bond donors (Lipinski definition) is 1. The Morgan fingerprint density at radius 1 is 0.833 bits per heavy atom. The van der Waals surface area contributed by atoms with Crippen LogP contribution in [0.4, 0.5) is 4.79 Å². The summed E-state index contributed by atoms with van der Waals surface area (Å²) in [4.78, 5) is 21.2. The molecular weight excluding hydrogens is 374 g/mol. The molecule has 158 valence electrons. The maximum atomic E-state index is 11.0. The van der Waals surface area contributed by atoms with Crippen molar-refractivity contribution in [3.8, 4) is 0 Å². The van der Waals surface area contributed by atoms with Gasteiger partial charge in [0.05, 0.1) is 18.5 Å². The summed E-state index contributed by atoms with van der Waals surface area (Å²) in [7, 11) is 1.39. The Morgan fingerprint density at radius 2 is 1.33 bits per heavy atom. The zero-order valence-corrected chi connectivity index (χ0v) is 17.9. The zero-order valence-electron chi connectivity index (χ0n) is 17.9. The normalized spacial score (nSPS) is 14.7. The van der Waals surface area contributed by atoms with E-state index >= 15 is 0 Å². The molecule has 1 aliphatic rings. The van der Waals surface area contributed by atoms with Crippen LogP contribution in [0, 0.1) is 0 Å². The largest absolute Gasteiger partial charge is 0.453 e. The first-order valence-electron chi connectivity index (χ1n) is 10.7. The highest BCUT2D eigenvalue weighted by atomic mass is 16.5. The van der Waals surface area contributed by atoms with Gasteiger partial charge in [0.15, 0.2) is 0 Å². The summed E-state index contributed by atoms with van der Waals surface area (Å²) in [5, 5.41) is 2.72. The first-order valence-corrected chi connectivity index (χ1v) is 10.7. The lowest BCUT2D eigenvalue weighted by molar-refractivity contribution is 0.171. The lowest BCUT2D eigenvalue weighted by atomic mass is 10.0. The highest BCUT2D eigenvalue weighted by Crippen LogP contribution is 2.30. The summed E-state index contributed by atoms with van der Waals surface area (Å²) in [6, 6.07) is 20.6. The van der Waals surface area contributed by atoms with E-state index in [-0.39, 0.29) is 6.09 Å². The predicted molar refractivity (Wildman–Crippen MR) is 122 cm³/mol. The zero-order chi connectivity index (χ0) is 21.2. The Balaban J connectivity index is 1.57. The molecular formula is C25H31N3O2. The van der Waals surface area contributed by atoms with Crippen LogP contribution in [0.2, 0.25) is 0 Å². The van der Waals surface area contributed by atoms with Gasteiger partial charge in [0.2, 0.25) is 0 Å². The lowest BCUT2D eigenvalue weighted by Gasteiger charge is -2.17. The topological polar surface area (TPSA) is 63.0 Å². The fourth-order valence-corrected chi connectivity index (χ4v) is 3.70. The van der Waals surface area contributed by atoms with Crippen molar-refractivity contribution in [1.29, 1.82) is 0 Å². The highest BCUT2D eigenvalue weighted by Gasteiger charge is 2.32. The van der Waals surface area contributed by atoms with Crippen molar-refractivity contribution in [3.63, 3.8) is 0 Å². The number of alkyl carbamates (subject to hydrolysis) is 1. The number of hydrogen-bond acceptors (Lipinski definition) is 4. The van der Waals surface area contributed by atoms with Gasteiger partial charge in [-0.1, -0.05) is 79.9 Å². The van der Waals surface area contributed by atoms with E-state index in [4.69, 9.17) is 9.98 Å². The molecule has 1 heterocycles. The lowest BCUT2D eigenvalue weighted by Crippen LogP contribution is -2.23. The molecule has 0 bridgehead atoms. The molecule has 2 aromatic rings. The van der Waals surface area contributed by atoms with Gasteiger partial charge in [0, 0.05) is 17.7 Å². The number of ether oxygens (including phenoxy) is 1. The van der Waals surface area contributed by atoms with E-state index in [1.807, 2.05) is 36.4 Å². The number of nitrogens with one attached hydrogen (secondary N) is 1. The molecule has 1 aliphatic heterocycles. The van der Waals surface area contributed by atoms with Crippen molar-refractivity contribution in [2.24, 2.45) is 9.98 Å². The smallest absolute Gasteiger partial charge is 0.406 e. The maximum Gasteiger partial charge on any atom is 0.406 e. The molecule has 0 fully saturated rings. The number of rotatable bonds is 10. The van der Waals surface area contributed by atoms with Crippen molar-refractivity contribution < 1.29 is 9.53 Å². The Bertz CT molecular complexity index is 820. The quantitative estimate of drug-likeness (QED) is 0.539. The Hall–Kier alpha value is -2.95. The molecule has 30 heavy (non-hydrogen) atoms. The van der Waals surface area contributed by atoms with E-state index in [1.165, 1.54) is 7.11 Å². The summed E-state index contributed by atoms with van der Waals surface area (Å²) in [5.74, 6) is 0. The Labute approximate surface area is 179 Å². The van der Waals surface area contributed by atoms with Gasteiger partial charge in [-0.05, 0) is 26.2 Å². The molecule has 1 amide bonds. The van der Waals surface area contributed by atoms with Crippen LogP contribution in [0.5, 0.6) is 0 Å². The first kappa shape index (κ1) is 21.8. The van der Waals surface area contributed by atoms with Crippen LogP contribution in [0.15, 0.2) is 70.6 Å². The van der Waals surface area contributed by atoms with Crippen LogP contribution in [-0.4, -0.2) is 36.8 Å². The summed E-state index contributed by atoms with van der Waals surface area (Å²) in [5.41, 5.74) is 3.78. The molecule has 0 spiro atoms. The molecule has 0 saturated carbocycles. The summed E-state index contributed by atoms with van der Waals surface area (Å²) < 4.78 is 4.57. The van der Waals surface area contributed by atoms with Gasteiger partial charge >= 0.3 is 6.09 Å². The fourth-order valence-electron chi connectivity index (χ4n) is 3.70. The van der Waals surface area contributed by atoms with Gasteiger partial charge in [-0.25, -0.2) is 4.79 Å². The SMILES string of the molecule is COC(=O)NCCCCCCCC1(C)N=C(c2ccccc2)C(c2ccccc2)=N1. The second-order valence-electron chi connectivity index (χ2n) is 7.81. The van der Waals surface area contributed by atoms with Gasteiger partial charge < -0.3 is 10.1 Å². The fraction of sp³-hybridized carbons (Fsp3) is 0.400. The van der Waals surface area contributed by atoms with Crippen LogP contribution in [0.1, 0.15) is 56.6 Å². The molecule has 1 N–H and O–H groups in total. The minimum absolute atomic E-state index is 0.358. The minimum atomic E-state index is -0.414. The maximum absolute atomic E-state index is 11.0. The van der Waals surface area contributed by atoms with E-state index in [9.17, 15) is 4.79 Å². The van der Waals surface area contributed by atoms with Crippen molar-refractivity contribution in [2.45, 2.75) is 51.1 Å². The van der Waals surface area contributed by atoms with E-state index in [1.54, 1.807) is 0 Å². The molecule has 3 rings (SSSR count). The second-order valence-corrected chi connectivity index (χ2v) is 7.81. The summed E-state index contributed by atoms with van der Waals surface area (Å²) in [6.07, 6.45) is 6.00. The van der Waals surface area contributed by atoms with Crippen LogP contribution >= 0.6 is 0 Å². The number of methoxy groups -OCH3 is 1. The molecule has 0 radical (unpaired) electrons. The minimum Gasteiger partial charge on any atom is -0.453 e. The van der Waals surface area contributed by atoms with Crippen LogP contribution in [0.3, 0.4) is 0 Å². The Kier molecular flexibility index (Phi) is 7.77. The van der Waals surface area contributed by atoms with Crippen molar-refractivity contribution in [2.75, 3.05) is 13.7 Å². The van der Waals surface area contributed by atoms with Crippen LogP contribution in [-0.2, 0) is 4.74 Å². The van der Waals surface area contributed by atoms with Crippen molar-refractivity contribution >= 4 is 17.5 Å². The van der Waals surface area contributed by atoms with Gasteiger partial charge in [0.1, 0.15) is 5.66 Å². The Morgan fingerprint density at radius 3 is 1.87 bits per heavy atom. The number of nitrogens with zero attached hydrogens (tertiary/aromatic N) is 2. The standard InChI is InChI=1S/C25H31N3O2/c1-25(18-12-4-3-5-13-19-26-24(29)30-2)27-22(20-14-8-6-9-15-20)23(28-25)21-16-10-7-11-17-21/h6-11,14-17H,3-5,12-13,18-19H2,1-2H3,(H,26,29). The average molecular weight is 406 g/mol. The van der Waals surface area contributed by atoms with Gasteiger partial charge in [0.25, 0.3) is 0 Å². The third-order valence-corrected chi connectivity index (χ3v) is 5.31. The third-order valence-electron chi connectivity index (χ3n) is 5.31. The van der Waals surface area contributed by atoms with Gasteiger partial charge in [-0.2, -0.15) is 0 Å². The summed E-state index contributed by atoms with van der Waals surface area (Å²) in [6.45, 7) is 2.80. The van der Waals surface area contributed by atoms with E-state index in [0.717, 1.165) is 61.1 Å². The molecule has 2 aromatic carbocycles. The van der Waals surface area contributed by atoms with Crippen LogP contribution in [0.25, 0.3) is 0 Å². The van der Waals surface area contributed by atoms with E-state index in [0.29, 0.717) is 6.54 Å². The summed E-state index contributed by atoms with van der Waals surface area (Å²) >= 11 is 0. The number of carbonyl (C=O) groups excluding carboxylic acids is 1. The van der Waals surface area contributed by atoms with E-state index in [2.05, 4.69) is 41.2 Å². The number of unbranched alkanes of at least 4 members (excludes halogenated alkanes) is 4. The molecule has 0 aliphatic carbocycles. The number of benzene rings is 2. The number of carbonyl (C=O) groups is 1. The van der Waals surface area contributed by atoms with Crippen molar-refractivity contribution in [3.05, 3.63) is 71.8 Å². The van der Waals surface area contributed by atoms with Crippen LogP contribution < -0.4 is 5.32 Å². The monoisotopic (exact) mass is 405 g/mol. The molecule has 0 saturated heterocycles.